The molecule has 0 aliphatic rings. The lowest BCUT2D eigenvalue weighted by molar-refractivity contribution is 0.0694. The molecule has 94 valence electrons. The molecule has 1 aromatic carbocycles. The predicted molar refractivity (Wildman–Crippen MR) is 77.4 cm³/mol. The van der Waals surface area contributed by atoms with Gasteiger partial charge in [-0.3, -0.25) is 0 Å². The van der Waals surface area contributed by atoms with Crippen LogP contribution < -0.4 is 0 Å². The fourth-order valence-corrected chi connectivity index (χ4v) is 2.14. The van der Waals surface area contributed by atoms with Gasteiger partial charge in [0.05, 0.1) is 5.56 Å². The number of carboxylic acid groups (broad SMARTS) is 1. The second-order valence-electron chi connectivity index (χ2n) is 4.81. The van der Waals surface area contributed by atoms with E-state index in [9.17, 15) is 9.90 Å². The smallest absolute Gasteiger partial charge is 0.335 e. The van der Waals surface area contributed by atoms with E-state index in [1.54, 1.807) is 12.1 Å². The molecule has 0 saturated heterocycles. The molecular weight excluding hydrogens is 252 g/mol. The van der Waals surface area contributed by atoms with Crippen molar-refractivity contribution in [2.75, 3.05) is 0 Å². The van der Waals surface area contributed by atoms with E-state index in [2.05, 4.69) is 25.3 Å². The number of hydrogen-bond donors (Lipinski definition) is 3. The van der Waals surface area contributed by atoms with E-state index in [-0.39, 0.29) is 15.9 Å². The summed E-state index contributed by atoms with van der Waals surface area (Å²) in [7, 11) is 0. The molecule has 2 nitrogen and oxygen atoms in total. The molecule has 0 aromatic heterocycles. The van der Waals surface area contributed by atoms with Gasteiger partial charge in [0.1, 0.15) is 0 Å². The van der Waals surface area contributed by atoms with Gasteiger partial charge in [-0.1, -0.05) is 39.0 Å². The van der Waals surface area contributed by atoms with Crippen LogP contribution in [0.4, 0.5) is 0 Å². The Morgan fingerprint density at radius 1 is 1.29 bits per heavy atom. The van der Waals surface area contributed by atoms with Crippen molar-refractivity contribution >= 4 is 31.2 Å². The quantitative estimate of drug-likeness (QED) is 0.576. The SMILES string of the molecule is CC(c1ccccc1C(=O)O)C(C)(C)C(S)S. The number of benzene rings is 1. The molecule has 0 aliphatic carbocycles. The summed E-state index contributed by atoms with van der Waals surface area (Å²) in [5.41, 5.74) is 0.992. The molecule has 0 spiro atoms. The summed E-state index contributed by atoms with van der Waals surface area (Å²) in [5.74, 6) is -0.826. The van der Waals surface area contributed by atoms with E-state index >= 15 is 0 Å². The van der Waals surface area contributed by atoms with Gasteiger partial charge in [-0.25, -0.2) is 4.79 Å². The van der Waals surface area contributed by atoms with Crippen molar-refractivity contribution in [3.8, 4) is 0 Å². The first kappa shape index (κ1) is 14.5. The maximum absolute atomic E-state index is 11.2. The van der Waals surface area contributed by atoms with Crippen LogP contribution in [0.5, 0.6) is 0 Å². The standard InChI is InChI=1S/C13H18O2S2/c1-8(13(2,3)12(16)17)9-6-4-5-7-10(9)11(14)15/h4-8,12,16-17H,1-3H3,(H,14,15). The second kappa shape index (κ2) is 5.36. The van der Waals surface area contributed by atoms with Crippen LogP contribution in [0.1, 0.15) is 42.6 Å². The van der Waals surface area contributed by atoms with Crippen LogP contribution in [0.15, 0.2) is 24.3 Å². The van der Waals surface area contributed by atoms with Crippen molar-refractivity contribution < 1.29 is 9.90 Å². The molecule has 1 rings (SSSR count). The van der Waals surface area contributed by atoms with Crippen LogP contribution >= 0.6 is 25.3 Å². The Kier molecular flexibility index (Phi) is 4.55. The fraction of sp³-hybridized carbons (Fsp3) is 0.462. The number of rotatable bonds is 4. The van der Waals surface area contributed by atoms with Crippen LogP contribution in [0, 0.1) is 5.41 Å². The molecule has 0 aliphatic heterocycles. The molecule has 0 bridgehead atoms. The summed E-state index contributed by atoms with van der Waals surface area (Å²) in [6.45, 7) is 6.10. The first-order valence-electron chi connectivity index (χ1n) is 5.46. The molecule has 0 fully saturated rings. The monoisotopic (exact) mass is 270 g/mol. The highest BCUT2D eigenvalue weighted by Gasteiger charge is 2.33. The van der Waals surface area contributed by atoms with Crippen molar-refractivity contribution in [3.05, 3.63) is 35.4 Å². The van der Waals surface area contributed by atoms with Gasteiger partial charge in [0.25, 0.3) is 0 Å². The van der Waals surface area contributed by atoms with Crippen LogP contribution in [0.2, 0.25) is 0 Å². The Balaban J connectivity index is 3.21. The van der Waals surface area contributed by atoms with Gasteiger partial charge in [0.2, 0.25) is 0 Å². The lowest BCUT2D eigenvalue weighted by Crippen LogP contribution is -2.28. The Bertz CT molecular complexity index is 414. The van der Waals surface area contributed by atoms with E-state index in [4.69, 9.17) is 0 Å². The Hall–Kier alpha value is -0.610. The largest absolute Gasteiger partial charge is 0.478 e. The number of carboxylic acids is 1. The summed E-state index contributed by atoms with van der Waals surface area (Å²) in [5, 5.41) is 9.18. The maximum atomic E-state index is 11.2. The molecule has 1 unspecified atom stereocenters. The van der Waals surface area contributed by atoms with Crippen molar-refractivity contribution in [1.82, 2.24) is 0 Å². The van der Waals surface area contributed by atoms with E-state index in [0.717, 1.165) is 5.56 Å². The number of hydrogen-bond acceptors (Lipinski definition) is 3. The maximum Gasteiger partial charge on any atom is 0.335 e. The summed E-state index contributed by atoms with van der Waals surface area (Å²) >= 11 is 8.74. The summed E-state index contributed by atoms with van der Waals surface area (Å²) in [6.07, 6.45) is 0. The molecule has 1 atom stereocenters. The Morgan fingerprint density at radius 2 is 1.82 bits per heavy atom. The van der Waals surface area contributed by atoms with Crippen LogP contribution in [0.3, 0.4) is 0 Å². The minimum atomic E-state index is -0.891. The molecule has 0 saturated carbocycles. The minimum absolute atomic E-state index is 0.0646. The third-order valence-corrected chi connectivity index (χ3v) is 4.77. The molecule has 0 amide bonds. The fourth-order valence-electron chi connectivity index (χ4n) is 1.69. The zero-order chi connectivity index (χ0) is 13.2. The van der Waals surface area contributed by atoms with E-state index in [0.29, 0.717) is 5.56 Å². The van der Waals surface area contributed by atoms with Gasteiger partial charge in [0.15, 0.2) is 0 Å². The highest BCUT2D eigenvalue weighted by Crippen LogP contribution is 2.42. The zero-order valence-electron chi connectivity index (χ0n) is 10.2. The van der Waals surface area contributed by atoms with E-state index in [1.165, 1.54) is 0 Å². The lowest BCUT2D eigenvalue weighted by atomic mass is 9.76. The van der Waals surface area contributed by atoms with Crippen LogP contribution in [0.25, 0.3) is 0 Å². The molecule has 0 radical (unpaired) electrons. The molecule has 0 heterocycles. The number of thiol groups is 2. The molecule has 17 heavy (non-hydrogen) atoms. The lowest BCUT2D eigenvalue weighted by Gasteiger charge is -2.35. The van der Waals surface area contributed by atoms with Crippen LogP contribution in [-0.4, -0.2) is 15.7 Å². The molecule has 4 heteroatoms. The van der Waals surface area contributed by atoms with Gasteiger partial charge in [-0.05, 0) is 23.0 Å². The average Bonchev–Trinajstić information content (AvgIpc) is 2.27. The predicted octanol–water partition coefficient (Wildman–Crippen LogP) is 3.70. The van der Waals surface area contributed by atoms with Crippen LogP contribution in [-0.2, 0) is 0 Å². The first-order valence-corrected chi connectivity index (χ1v) is 6.50. The first-order chi connectivity index (χ1) is 7.78. The highest BCUT2D eigenvalue weighted by molar-refractivity contribution is 7.99. The van der Waals surface area contributed by atoms with Gasteiger partial charge in [-0.15, -0.1) is 0 Å². The summed E-state index contributed by atoms with van der Waals surface area (Å²) in [4.78, 5) is 11.2. The third-order valence-electron chi connectivity index (χ3n) is 3.44. The number of aromatic carboxylic acids is 1. The van der Waals surface area contributed by atoms with Crippen molar-refractivity contribution in [2.24, 2.45) is 5.41 Å². The van der Waals surface area contributed by atoms with Gasteiger partial charge in [-0.2, -0.15) is 25.3 Å². The minimum Gasteiger partial charge on any atom is -0.478 e. The second-order valence-corrected chi connectivity index (χ2v) is 6.25. The number of carbonyl (C=O) groups is 1. The van der Waals surface area contributed by atoms with E-state index in [1.807, 2.05) is 32.9 Å². The third kappa shape index (κ3) is 2.99. The van der Waals surface area contributed by atoms with Gasteiger partial charge in [0, 0.05) is 4.58 Å². The normalized spacial score (nSPS) is 13.8. The van der Waals surface area contributed by atoms with E-state index < -0.39 is 5.97 Å². The molecule has 1 N–H and O–H groups in total. The molecular formula is C13H18O2S2. The van der Waals surface area contributed by atoms with Gasteiger partial charge < -0.3 is 5.11 Å². The highest BCUT2D eigenvalue weighted by atomic mass is 32.2. The molecule has 1 aromatic rings. The Labute approximate surface area is 113 Å². The average molecular weight is 270 g/mol. The van der Waals surface area contributed by atoms with Crippen molar-refractivity contribution in [2.45, 2.75) is 31.3 Å². The zero-order valence-corrected chi connectivity index (χ0v) is 12.0. The summed E-state index contributed by atoms with van der Waals surface area (Å²) < 4.78 is -0.112. The van der Waals surface area contributed by atoms with Crippen molar-refractivity contribution in [1.29, 1.82) is 0 Å². The summed E-state index contributed by atoms with van der Waals surface area (Å²) in [6, 6.07) is 7.10. The van der Waals surface area contributed by atoms with Crippen molar-refractivity contribution in [3.63, 3.8) is 0 Å². The Morgan fingerprint density at radius 3 is 2.29 bits per heavy atom. The topological polar surface area (TPSA) is 37.3 Å². The van der Waals surface area contributed by atoms with Gasteiger partial charge >= 0.3 is 5.97 Å².